The number of carbonyl (C=O) groups excluding carboxylic acids is 1. The third-order valence-electron chi connectivity index (χ3n) is 3.50. The predicted molar refractivity (Wildman–Crippen MR) is 83.8 cm³/mol. The molecule has 104 valence electrons. The SMILES string of the molecule is O.O=C1CC(c2ccccc2)SC(c2ccccc2)C1. The Morgan fingerprint density at radius 2 is 1.15 bits per heavy atom. The van der Waals surface area contributed by atoms with Gasteiger partial charge in [-0.2, -0.15) is 0 Å². The van der Waals surface area contributed by atoms with Crippen LogP contribution in [0.1, 0.15) is 34.5 Å². The largest absolute Gasteiger partial charge is 0.412 e. The van der Waals surface area contributed by atoms with Gasteiger partial charge in [0, 0.05) is 23.3 Å². The number of hydrogen-bond donors (Lipinski definition) is 0. The van der Waals surface area contributed by atoms with Crippen LogP contribution in [0.4, 0.5) is 0 Å². The molecule has 2 N–H and O–H groups in total. The van der Waals surface area contributed by atoms with Crippen molar-refractivity contribution < 1.29 is 10.3 Å². The summed E-state index contributed by atoms with van der Waals surface area (Å²) >= 11 is 1.92. The Morgan fingerprint density at radius 1 is 0.750 bits per heavy atom. The summed E-state index contributed by atoms with van der Waals surface area (Å²) < 4.78 is 0. The maximum atomic E-state index is 12.0. The van der Waals surface area contributed by atoms with Crippen LogP contribution in [-0.2, 0) is 4.79 Å². The van der Waals surface area contributed by atoms with Gasteiger partial charge in [0.2, 0.25) is 0 Å². The lowest BCUT2D eigenvalue weighted by Gasteiger charge is -2.28. The third-order valence-corrected chi connectivity index (χ3v) is 5.03. The van der Waals surface area contributed by atoms with Crippen LogP contribution < -0.4 is 0 Å². The Bertz CT molecular complexity index is 504. The first-order valence-corrected chi connectivity index (χ1v) is 7.54. The molecule has 0 spiro atoms. The maximum Gasteiger partial charge on any atom is 0.135 e. The van der Waals surface area contributed by atoms with Crippen molar-refractivity contribution in [2.45, 2.75) is 23.3 Å². The summed E-state index contributed by atoms with van der Waals surface area (Å²) in [5, 5.41) is 0.598. The van der Waals surface area contributed by atoms with E-state index in [0.29, 0.717) is 29.1 Å². The maximum absolute atomic E-state index is 12.0. The molecule has 3 heteroatoms. The molecule has 0 bridgehead atoms. The lowest BCUT2D eigenvalue weighted by atomic mass is 10.0. The average molecular weight is 286 g/mol. The summed E-state index contributed by atoms with van der Waals surface area (Å²) in [5.41, 5.74) is 2.53. The zero-order valence-electron chi connectivity index (χ0n) is 11.2. The third kappa shape index (κ3) is 3.30. The van der Waals surface area contributed by atoms with Gasteiger partial charge in [-0.3, -0.25) is 4.79 Å². The van der Waals surface area contributed by atoms with E-state index in [1.165, 1.54) is 11.1 Å². The summed E-state index contributed by atoms with van der Waals surface area (Å²) in [6, 6.07) is 20.7. The van der Waals surface area contributed by atoms with Gasteiger partial charge >= 0.3 is 0 Å². The fourth-order valence-corrected chi connectivity index (χ4v) is 4.11. The zero-order chi connectivity index (χ0) is 13.1. The normalized spacial score (nSPS) is 22.1. The van der Waals surface area contributed by atoms with Gasteiger partial charge in [-0.25, -0.2) is 0 Å². The van der Waals surface area contributed by atoms with Crippen LogP contribution in [0.25, 0.3) is 0 Å². The number of hydrogen-bond acceptors (Lipinski definition) is 2. The first-order chi connectivity index (χ1) is 9.33. The van der Waals surface area contributed by atoms with Crippen LogP contribution >= 0.6 is 11.8 Å². The molecular formula is C17H18O2S. The number of ketones is 1. The van der Waals surface area contributed by atoms with E-state index in [1.54, 1.807) is 0 Å². The van der Waals surface area contributed by atoms with Crippen molar-refractivity contribution in [3.8, 4) is 0 Å². The predicted octanol–water partition coefficient (Wildman–Crippen LogP) is 3.74. The molecule has 2 nitrogen and oxygen atoms in total. The molecule has 3 rings (SSSR count). The minimum Gasteiger partial charge on any atom is -0.412 e. The summed E-state index contributed by atoms with van der Waals surface area (Å²) in [6.45, 7) is 0. The highest BCUT2D eigenvalue weighted by atomic mass is 32.2. The van der Waals surface area contributed by atoms with E-state index in [2.05, 4.69) is 24.3 Å². The second kappa shape index (κ2) is 6.73. The molecule has 2 aromatic rings. The van der Waals surface area contributed by atoms with Crippen LogP contribution in [0.15, 0.2) is 60.7 Å². The van der Waals surface area contributed by atoms with Crippen LogP contribution in [-0.4, -0.2) is 11.3 Å². The minimum atomic E-state index is 0. The van der Waals surface area contributed by atoms with E-state index in [-0.39, 0.29) is 5.48 Å². The molecule has 1 saturated heterocycles. The number of carbonyl (C=O) groups is 1. The van der Waals surface area contributed by atoms with Crippen LogP contribution in [0.2, 0.25) is 0 Å². The molecule has 20 heavy (non-hydrogen) atoms. The molecule has 2 unspecified atom stereocenters. The first-order valence-electron chi connectivity index (χ1n) is 6.60. The second-order valence-corrected chi connectivity index (χ2v) is 6.29. The summed E-state index contributed by atoms with van der Waals surface area (Å²) in [5.74, 6) is 0.376. The highest BCUT2D eigenvalue weighted by molar-refractivity contribution is 7.99. The van der Waals surface area contributed by atoms with Gasteiger partial charge in [0.05, 0.1) is 0 Å². The van der Waals surface area contributed by atoms with Gasteiger partial charge in [0.1, 0.15) is 5.78 Å². The van der Waals surface area contributed by atoms with Crippen LogP contribution in [0, 0.1) is 0 Å². The van der Waals surface area contributed by atoms with Crippen molar-refractivity contribution in [3.63, 3.8) is 0 Å². The molecule has 1 aliphatic rings. The molecule has 0 saturated carbocycles. The number of Topliss-reactive ketones (excluding diaryl/α,β-unsaturated/α-hetero) is 1. The molecule has 2 atom stereocenters. The Labute approximate surface area is 123 Å². The van der Waals surface area contributed by atoms with Crippen LogP contribution in [0.3, 0.4) is 0 Å². The molecule has 0 amide bonds. The molecule has 0 aromatic heterocycles. The van der Waals surface area contributed by atoms with E-state index in [4.69, 9.17) is 0 Å². The van der Waals surface area contributed by atoms with Gasteiger partial charge in [0.15, 0.2) is 0 Å². The Kier molecular flexibility index (Phi) is 4.99. The average Bonchev–Trinajstić information content (AvgIpc) is 2.48. The van der Waals surface area contributed by atoms with Crippen molar-refractivity contribution in [2.75, 3.05) is 0 Å². The van der Waals surface area contributed by atoms with Crippen molar-refractivity contribution in [1.29, 1.82) is 0 Å². The first kappa shape index (κ1) is 14.8. The van der Waals surface area contributed by atoms with E-state index < -0.39 is 0 Å². The molecular weight excluding hydrogens is 268 g/mol. The molecule has 1 fully saturated rings. The van der Waals surface area contributed by atoms with Gasteiger partial charge in [-0.1, -0.05) is 60.7 Å². The topological polar surface area (TPSA) is 48.6 Å². The molecule has 0 aliphatic carbocycles. The van der Waals surface area contributed by atoms with Gasteiger partial charge in [0.25, 0.3) is 0 Å². The molecule has 0 radical (unpaired) electrons. The number of benzene rings is 2. The smallest absolute Gasteiger partial charge is 0.135 e. The highest BCUT2D eigenvalue weighted by Gasteiger charge is 2.29. The monoisotopic (exact) mass is 286 g/mol. The van der Waals surface area contributed by atoms with E-state index >= 15 is 0 Å². The van der Waals surface area contributed by atoms with E-state index in [9.17, 15) is 4.79 Å². The lowest BCUT2D eigenvalue weighted by Crippen LogP contribution is -2.15. The quantitative estimate of drug-likeness (QED) is 0.844. The van der Waals surface area contributed by atoms with Crippen molar-refractivity contribution in [2.24, 2.45) is 0 Å². The van der Waals surface area contributed by atoms with E-state index in [1.807, 2.05) is 48.2 Å². The lowest BCUT2D eigenvalue weighted by molar-refractivity contribution is -0.119. The second-order valence-electron chi connectivity index (χ2n) is 4.88. The summed E-state index contributed by atoms with van der Waals surface area (Å²) in [4.78, 5) is 12.0. The van der Waals surface area contributed by atoms with Gasteiger partial charge in [-0.15, -0.1) is 11.8 Å². The fraction of sp³-hybridized carbons (Fsp3) is 0.235. The summed E-state index contributed by atoms with van der Waals surface area (Å²) in [6.07, 6.45) is 1.33. The Hall–Kier alpha value is -1.58. The van der Waals surface area contributed by atoms with Gasteiger partial charge < -0.3 is 5.48 Å². The zero-order valence-corrected chi connectivity index (χ0v) is 12.0. The van der Waals surface area contributed by atoms with Crippen molar-refractivity contribution >= 4 is 17.5 Å². The summed E-state index contributed by atoms with van der Waals surface area (Å²) in [7, 11) is 0. The van der Waals surface area contributed by atoms with Crippen molar-refractivity contribution in [3.05, 3.63) is 71.8 Å². The Morgan fingerprint density at radius 3 is 1.55 bits per heavy atom. The van der Waals surface area contributed by atoms with Crippen LogP contribution in [0.5, 0.6) is 0 Å². The minimum absolute atomic E-state index is 0. The van der Waals surface area contributed by atoms with Crippen molar-refractivity contribution in [1.82, 2.24) is 0 Å². The molecule has 1 aliphatic heterocycles. The van der Waals surface area contributed by atoms with Gasteiger partial charge in [-0.05, 0) is 11.1 Å². The number of thioether (sulfide) groups is 1. The van der Waals surface area contributed by atoms with E-state index in [0.717, 1.165) is 0 Å². The Balaban J connectivity index is 0.00000147. The number of rotatable bonds is 2. The fourth-order valence-electron chi connectivity index (χ4n) is 2.52. The molecule has 1 heterocycles. The standard InChI is InChI=1S/C17H16OS.H2O/c18-15-11-16(13-7-3-1-4-8-13)19-17(12-15)14-9-5-2-6-10-14;/h1-10,16-17H,11-12H2;1H2. The highest BCUT2D eigenvalue weighted by Crippen LogP contribution is 2.48. The molecule has 2 aromatic carbocycles.